The summed E-state index contributed by atoms with van der Waals surface area (Å²) in [4.78, 5) is 25.9. The topological polar surface area (TPSA) is 93.3 Å². The average Bonchev–Trinajstić information content (AvgIpc) is 2.94. The predicted octanol–water partition coefficient (Wildman–Crippen LogP) is -0.0908. The standard InChI is InChI=1S/C13H20ClN5O2/c1-3-16-13(21)11-4-9(15)5-19(11)12(20)7-18-6-10(14)8(2)17-18/h6,9,11H,3-5,7,15H2,1-2H3,(H,16,21)/t9-,11+/m1/s1. The smallest absolute Gasteiger partial charge is 0.245 e. The van der Waals surface area contributed by atoms with E-state index in [0.29, 0.717) is 30.2 Å². The van der Waals surface area contributed by atoms with E-state index < -0.39 is 6.04 Å². The third-order valence-corrected chi connectivity index (χ3v) is 3.86. The van der Waals surface area contributed by atoms with Gasteiger partial charge in [0.15, 0.2) is 0 Å². The molecule has 21 heavy (non-hydrogen) atoms. The van der Waals surface area contributed by atoms with E-state index in [1.54, 1.807) is 13.1 Å². The molecule has 2 rings (SSSR count). The quantitative estimate of drug-likeness (QED) is 0.812. The molecule has 1 saturated heterocycles. The zero-order chi connectivity index (χ0) is 15.6. The number of nitrogens with two attached hydrogens (primary N) is 1. The number of likely N-dealkylation sites (tertiary alicyclic amines) is 1. The fraction of sp³-hybridized carbons (Fsp3) is 0.615. The Morgan fingerprint density at radius 2 is 2.29 bits per heavy atom. The lowest BCUT2D eigenvalue weighted by atomic mass is 10.1. The van der Waals surface area contributed by atoms with Crippen LogP contribution in [0.5, 0.6) is 0 Å². The highest BCUT2D eigenvalue weighted by Crippen LogP contribution is 2.18. The van der Waals surface area contributed by atoms with Gasteiger partial charge in [0.05, 0.1) is 10.7 Å². The summed E-state index contributed by atoms with van der Waals surface area (Å²) in [6.07, 6.45) is 2.09. The largest absolute Gasteiger partial charge is 0.355 e. The molecule has 0 spiro atoms. The number of aromatic nitrogens is 2. The highest BCUT2D eigenvalue weighted by molar-refractivity contribution is 6.31. The second kappa shape index (κ2) is 6.44. The fourth-order valence-electron chi connectivity index (χ4n) is 2.49. The molecule has 8 heteroatoms. The summed E-state index contributed by atoms with van der Waals surface area (Å²) >= 11 is 5.92. The third kappa shape index (κ3) is 3.54. The highest BCUT2D eigenvalue weighted by Gasteiger charge is 2.37. The van der Waals surface area contributed by atoms with Gasteiger partial charge in [0, 0.05) is 25.3 Å². The Morgan fingerprint density at radius 1 is 1.57 bits per heavy atom. The molecule has 0 bridgehead atoms. The van der Waals surface area contributed by atoms with Crippen molar-refractivity contribution < 1.29 is 9.59 Å². The summed E-state index contributed by atoms with van der Waals surface area (Å²) in [6, 6.07) is -0.677. The zero-order valence-corrected chi connectivity index (χ0v) is 12.9. The van der Waals surface area contributed by atoms with E-state index in [2.05, 4.69) is 10.4 Å². The van der Waals surface area contributed by atoms with Crippen LogP contribution in [0.3, 0.4) is 0 Å². The van der Waals surface area contributed by atoms with Crippen LogP contribution < -0.4 is 11.1 Å². The summed E-state index contributed by atoms with van der Waals surface area (Å²) in [5.74, 6) is -0.341. The van der Waals surface area contributed by atoms with Crippen LogP contribution in [0.1, 0.15) is 19.0 Å². The van der Waals surface area contributed by atoms with Crippen molar-refractivity contribution in [3.63, 3.8) is 0 Å². The number of aryl methyl sites for hydroxylation is 1. The van der Waals surface area contributed by atoms with E-state index >= 15 is 0 Å². The maximum Gasteiger partial charge on any atom is 0.245 e. The molecule has 0 aliphatic carbocycles. The number of likely N-dealkylation sites (N-methyl/N-ethyl adjacent to an activating group) is 1. The molecule has 3 N–H and O–H groups in total. The van der Waals surface area contributed by atoms with Gasteiger partial charge in [-0.1, -0.05) is 11.6 Å². The van der Waals surface area contributed by atoms with Gasteiger partial charge in [-0.3, -0.25) is 14.3 Å². The van der Waals surface area contributed by atoms with Crippen molar-refractivity contribution in [3.8, 4) is 0 Å². The number of halogens is 1. The maximum atomic E-state index is 12.4. The van der Waals surface area contributed by atoms with E-state index in [-0.39, 0.29) is 24.4 Å². The molecule has 0 aromatic carbocycles. The van der Waals surface area contributed by atoms with Gasteiger partial charge in [-0.25, -0.2) is 0 Å². The molecule has 2 amide bonds. The molecule has 1 aliphatic rings. The lowest BCUT2D eigenvalue weighted by Crippen LogP contribution is -2.47. The molecular formula is C13H20ClN5O2. The zero-order valence-electron chi connectivity index (χ0n) is 12.2. The number of amides is 2. The molecule has 2 heterocycles. The van der Waals surface area contributed by atoms with Crippen molar-refractivity contribution in [2.24, 2.45) is 5.73 Å². The lowest BCUT2D eigenvalue weighted by molar-refractivity contribution is -0.139. The molecule has 0 unspecified atom stereocenters. The second-order valence-corrected chi connectivity index (χ2v) is 5.62. The van der Waals surface area contributed by atoms with Gasteiger partial charge in [-0.2, -0.15) is 5.10 Å². The molecule has 1 aromatic rings. The number of carbonyl (C=O) groups excluding carboxylic acids is 2. The Labute approximate surface area is 128 Å². The monoisotopic (exact) mass is 313 g/mol. The first kappa shape index (κ1) is 15.8. The van der Waals surface area contributed by atoms with Crippen LogP contribution in [0, 0.1) is 6.92 Å². The van der Waals surface area contributed by atoms with E-state index in [9.17, 15) is 9.59 Å². The Bertz CT molecular complexity index is 525. The first-order valence-corrected chi connectivity index (χ1v) is 7.32. The van der Waals surface area contributed by atoms with Gasteiger partial charge in [-0.05, 0) is 20.3 Å². The molecule has 1 fully saturated rings. The van der Waals surface area contributed by atoms with Gasteiger partial charge < -0.3 is 16.0 Å². The van der Waals surface area contributed by atoms with Crippen molar-refractivity contribution >= 4 is 23.4 Å². The second-order valence-electron chi connectivity index (χ2n) is 5.21. The molecule has 0 saturated carbocycles. The van der Waals surface area contributed by atoms with Crippen molar-refractivity contribution in [1.29, 1.82) is 0 Å². The summed E-state index contributed by atoms with van der Waals surface area (Å²) in [5, 5.41) is 7.41. The number of carbonyl (C=O) groups is 2. The van der Waals surface area contributed by atoms with E-state index in [0.717, 1.165) is 0 Å². The molecule has 116 valence electrons. The van der Waals surface area contributed by atoms with E-state index in [4.69, 9.17) is 17.3 Å². The van der Waals surface area contributed by atoms with Gasteiger partial charge in [0.25, 0.3) is 0 Å². The minimum absolute atomic E-state index is 0.0518. The summed E-state index contributed by atoms with van der Waals surface area (Å²) in [7, 11) is 0. The minimum Gasteiger partial charge on any atom is -0.355 e. The number of nitrogens with zero attached hydrogens (tertiary/aromatic N) is 3. The van der Waals surface area contributed by atoms with Gasteiger partial charge in [0.2, 0.25) is 11.8 Å². The van der Waals surface area contributed by atoms with Gasteiger partial charge >= 0.3 is 0 Å². The minimum atomic E-state index is -0.500. The summed E-state index contributed by atoms with van der Waals surface area (Å²) < 4.78 is 1.48. The number of nitrogens with one attached hydrogen (secondary N) is 1. The SMILES string of the molecule is CCNC(=O)[C@@H]1C[C@@H](N)CN1C(=O)Cn1cc(Cl)c(C)n1. The number of hydrogen-bond donors (Lipinski definition) is 2. The Kier molecular flexibility index (Phi) is 4.84. The number of hydrogen-bond acceptors (Lipinski definition) is 4. The summed E-state index contributed by atoms with van der Waals surface area (Å²) in [5.41, 5.74) is 6.56. The highest BCUT2D eigenvalue weighted by atomic mass is 35.5. The Hall–Kier alpha value is -1.60. The van der Waals surface area contributed by atoms with Crippen molar-refractivity contribution in [2.75, 3.05) is 13.1 Å². The molecule has 1 aliphatic heterocycles. The van der Waals surface area contributed by atoms with E-state index in [1.165, 1.54) is 9.58 Å². The molecular weight excluding hydrogens is 294 g/mol. The Balaban J connectivity index is 2.07. The van der Waals surface area contributed by atoms with Crippen molar-refractivity contribution in [3.05, 3.63) is 16.9 Å². The molecule has 7 nitrogen and oxygen atoms in total. The van der Waals surface area contributed by atoms with Gasteiger partial charge in [0.1, 0.15) is 12.6 Å². The summed E-state index contributed by atoms with van der Waals surface area (Å²) in [6.45, 7) is 4.57. The van der Waals surface area contributed by atoms with Crippen LogP contribution in [0.25, 0.3) is 0 Å². The van der Waals surface area contributed by atoms with Crippen LogP contribution >= 0.6 is 11.6 Å². The first-order valence-electron chi connectivity index (χ1n) is 6.94. The Morgan fingerprint density at radius 3 is 2.86 bits per heavy atom. The molecule has 0 radical (unpaired) electrons. The maximum absolute atomic E-state index is 12.4. The van der Waals surface area contributed by atoms with Crippen LogP contribution in [-0.2, 0) is 16.1 Å². The van der Waals surface area contributed by atoms with Crippen LogP contribution in [0.4, 0.5) is 0 Å². The third-order valence-electron chi connectivity index (χ3n) is 3.49. The first-order chi connectivity index (χ1) is 9.92. The van der Waals surface area contributed by atoms with Gasteiger partial charge in [-0.15, -0.1) is 0 Å². The predicted molar refractivity (Wildman–Crippen MR) is 78.8 cm³/mol. The van der Waals surface area contributed by atoms with E-state index in [1.807, 2.05) is 6.92 Å². The van der Waals surface area contributed by atoms with Crippen LogP contribution in [-0.4, -0.2) is 51.7 Å². The molecule has 1 aromatic heterocycles. The fourth-order valence-corrected chi connectivity index (χ4v) is 2.64. The van der Waals surface area contributed by atoms with Crippen molar-refractivity contribution in [1.82, 2.24) is 20.0 Å². The van der Waals surface area contributed by atoms with Crippen LogP contribution in [0.15, 0.2) is 6.20 Å². The molecule has 2 atom stereocenters. The van der Waals surface area contributed by atoms with Crippen LogP contribution in [0.2, 0.25) is 5.02 Å². The van der Waals surface area contributed by atoms with Crippen molar-refractivity contribution in [2.45, 2.75) is 38.9 Å². The average molecular weight is 314 g/mol. The lowest BCUT2D eigenvalue weighted by Gasteiger charge is -2.23. The normalized spacial score (nSPS) is 21.6. The number of rotatable bonds is 4.